The Morgan fingerprint density at radius 2 is 1.67 bits per heavy atom. The van der Waals surface area contributed by atoms with E-state index in [1.54, 1.807) is 12.4 Å². The van der Waals surface area contributed by atoms with Gasteiger partial charge in [-0.05, 0) is 0 Å². The van der Waals surface area contributed by atoms with Crippen molar-refractivity contribution >= 4 is 16.8 Å². The summed E-state index contributed by atoms with van der Waals surface area (Å²) in [6, 6.07) is 3.82. The summed E-state index contributed by atoms with van der Waals surface area (Å²) in [7, 11) is 0. The predicted octanol–water partition coefficient (Wildman–Crippen LogP) is 2.91. The maximum atomic E-state index is 4.35. The van der Waals surface area contributed by atoms with E-state index < -0.39 is 0 Å². The molecule has 3 heteroatoms. The Hall–Kier alpha value is -0.700. The van der Waals surface area contributed by atoms with E-state index in [1.165, 1.54) is 0 Å². The Balaban J connectivity index is 0.000000561. The van der Waals surface area contributed by atoms with Crippen LogP contribution in [0.15, 0.2) is 24.5 Å². The minimum atomic E-state index is 0.131. The SMILES string of the molecule is CC.C[S+](C)[N-]c1ccncc1. The van der Waals surface area contributed by atoms with E-state index >= 15 is 0 Å². The van der Waals surface area contributed by atoms with Crippen LogP contribution in [0.25, 0.3) is 4.72 Å². The molecule has 0 atom stereocenters. The Bertz CT molecular complexity index is 187. The molecule has 1 heterocycles. The van der Waals surface area contributed by atoms with Gasteiger partial charge in [0, 0.05) is 12.4 Å². The van der Waals surface area contributed by atoms with E-state index in [1.807, 2.05) is 26.0 Å². The average Bonchev–Trinajstić information content (AvgIpc) is 2.08. The molecule has 0 aliphatic carbocycles. The van der Waals surface area contributed by atoms with Crippen LogP contribution in [0.1, 0.15) is 13.8 Å². The van der Waals surface area contributed by atoms with Crippen LogP contribution >= 0.6 is 0 Å². The lowest BCUT2D eigenvalue weighted by atomic mass is 10.4. The zero-order valence-electron chi connectivity index (χ0n) is 8.11. The van der Waals surface area contributed by atoms with Gasteiger partial charge in [0.1, 0.15) is 0 Å². The highest BCUT2D eigenvalue weighted by Crippen LogP contribution is 2.18. The standard InChI is InChI=1S/C7H10N2S.C2H6/c1-10(2)9-7-3-5-8-6-4-7;1-2/h3-6H,1-2H3;1-2H3. The Labute approximate surface area is 77.9 Å². The summed E-state index contributed by atoms with van der Waals surface area (Å²) in [5.74, 6) is 0. The van der Waals surface area contributed by atoms with Gasteiger partial charge < -0.3 is 4.72 Å². The van der Waals surface area contributed by atoms with Crippen molar-refractivity contribution in [1.29, 1.82) is 0 Å². The highest BCUT2D eigenvalue weighted by atomic mass is 32.2. The van der Waals surface area contributed by atoms with Gasteiger partial charge >= 0.3 is 0 Å². The zero-order valence-corrected chi connectivity index (χ0v) is 8.93. The van der Waals surface area contributed by atoms with Gasteiger partial charge in [-0.3, -0.25) is 4.98 Å². The summed E-state index contributed by atoms with van der Waals surface area (Å²) < 4.78 is 4.35. The minimum Gasteiger partial charge on any atom is -0.463 e. The summed E-state index contributed by atoms with van der Waals surface area (Å²) in [5.41, 5.74) is 1.02. The normalized spacial score (nSPS) is 8.75. The molecule has 1 aromatic heterocycles. The smallest absolute Gasteiger partial charge is 0.0895 e. The highest BCUT2D eigenvalue weighted by molar-refractivity contribution is 7.98. The fourth-order valence-electron chi connectivity index (χ4n) is 0.616. The van der Waals surface area contributed by atoms with Crippen LogP contribution < -0.4 is 0 Å². The molecular weight excluding hydrogens is 168 g/mol. The molecule has 12 heavy (non-hydrogen) atoms. The molecule has 0 aliphatic rings. The van der Waals surface area contributed by atoms with Crippen LogP contribution in [-0.2, 0) is 11.1 Å². The number of hydrogen-bond donors (Lipinski definition) is 0. The second kappa shape index (κ2) is 6.98. The van der Waals surface area contributed by atoms with Crippen LogP contribution in [-0.4, -0.2) is 17.5 Å². The van der Waals surface area contributed by atoms with Crippen molar-refractivity contribution in [2.75, 3.05) is 12.5 Å². The molecule has 0 unspecified atom stereocenters. The average molecular weight is 184 g/mol. The Kier molecular flexibility index (Phi) is 6.57. The van der Waals surface area contributed by atoms with Gasteiger partial charge in [-0.2, -0.15) is 0 Å². The molecule has 0 fully saturated rings. The molecule has 0 amide bonds. The fourth-order valence-corrected chi connectivity index (χ4v) is 1.16. The lowest BCUT2D eigenvalue weighted by molar-refractivity contribution is 1.34. The number of nitrogens with zero attached hydrogens (tertiary/aromatic N) is 2. The van der Waals surface area contributed by atoms with E-state index in [-0.39, 0.29) is 11.1 Å². The van der Waals surface area contributed by atoms with Crippen molar-refractivity contribution in [3.8, 4) is 0 Å². The van der Waals surface area contributed by atoms with Gasteiger partial charge in [-0.1, -0.05) is 42.7 Å². The third kappa shape index (κ3) is 5.02. The Morgan fingerprint density at radius 3 is 2.08 bits per heavy atom. The Morgan fingerprint density at radius 1 is 1.17 bits per heavy atom. The van der Waals surface area contributed by atoms with Crippen LogP contribution in [0.3, 0.4) is 0 Å². The molecule has 0 N–H and O–H groups in total. The van der Waals surface area contributed by atoms with Gasteiger partial charge in [0.15, 0.2) is 0 Å². The second-order valence-electron chi connectivity index (χ2n) is 2.07. The molecule has 1 aromatic rings. The van der Waals surface area contributed by atoms with Crippen LogP contribution in [0, 0.1) is 0 Å². The van der Waals surface area contributed by atoms with Crippen molar-refractivity contribution in [3.05, 3.63) is 29.2 Å². The maximum absolute atomic E-state index is 4.35. The molecular formula is C9H16N2S. The van der Waals surface area contributed by atoms with Gasteiger partial charge in [0.25, 0.3) is 0 Å². The van der Waals surface area contributed by atoms with Crippen molar-refractivity contribution in [2.45, 2.75) is 13.8 Å². The lowest BCUT2D eigenvalue weighted by Crippen LogP contribution is -1.88. The van der Waals surface area contributed by atoms with Gasteiger partial charge in [-0.15, -0.1) is 0 Å². The second-order valence-corrected chi connectivity index (χ2v) is 3.80. The lowest BCUT2D eigenvalue weighted by Gasteiger charge is -2.14. The zero-order chi connectivity index (χ0) is 9.40. The topological polar surface area (TPSA) is 27.0 Å². The number of rotatable bonds is 2. The monoisotopic (exact) mass is 184 g/mol. The van der Waals surface area contributed by atoms with Crippen LogP contribution in [0.4, 0.5) is 5.69 Å². The summed E-state index contributed by atoms with van der Waals surface area (Å²) in [6.45, 7) is 4.00. The van der Waals surface area contributed by atoms with E-state index in [9.17, 15) is 0 Å². The first-order chi connectivity index (χ1) is 5.79. The molecule has 0 spiro atoms. The molecule has 68 valence electrons. The van der Waals surface area contributed by atoms with Crippen LogP contribution in [0.5, 0.6) is 0 Å². The van der Waals surface area contributed by atoms with Gasteiger partial charge in [0.05, 0.1) is 12.5 Å². The highest BCUT2D eigenvalue weighted by Gasteiger charge is 1.86. The first-order valence-electron chi connectivity index (χ1n) is 3.98. The van der Waals surface area contributed by atoms with Crippen molar-refractivity contribution in [1.82, 2.24) is 4.98 Å². The van der Waals surface area contributed by atoms with E-state index in [2.05, 4.69) is 22.2 Å². The van der Waals surface area contributed by atoms with E-state index in [4.69, 9.17) is 0 Å². The molecule has 0 aromatic carbocycles. The first kappa shape index (κ1) is 11.3. The number of pyridine rings is 1. The molecule has 1 rings (SSSR count). The number of hydrogen-bond acceptors (Lipinski definition) is 1. The third-order valence-electron chi connectivity index (χ3n) is 0.951. The van der Waals surface area contributed by atoms with E-state index in [0.29, 0.717) is 0 Å². The maximum Gasteiger partial charge on any atom is 0.0895 e. The molecule has 2 nitrogen and oxygen atoms in total. The molecule has 0 saturated heterocycles. The van der Waals surface area contributed by atoms with Crippen LogP contribution in [0.2, 0.25) is 0 Å². The summed E-state index contributed by atoms with van der Waals surface area (Å²) in [5, 5.41) is 0. The molecule has 0 radical (unpaired) electrons. The molecule has 0 aliphatic heterocycles. The first-order valence-corrected chi connectivity index (χ1v) is 5.98. The van der Waals surface area contributed by atoms with Crippen molar-refractivity contribution in [3.63, 3.8) is 0 Å². The van der Waals surface area contributed by atoms with Gasteiger partial charge in [0.2, 0.25) is 0 Å². The fraction of sp³-hybridized carbons (Fsp3) is 0.444. The molecule has 0 bridgehead atoms. The minimum absolute atomic E-state index is 0.131. The van der Waals surface area contributed by atoms with E-state index in [0.717, 1.165) is 5.69 Å². The third-order valence-corrected chi connectivity index (χ3v) is 1.53. The summed E-state index contributed by atoms with van der Waals surface area (Å²) in [6.07, 6.45) is 7.68. The number of aromatic nitrogens is 1. The largest absolute Gasteiger partial charge is 0.463 e. The quantitative estimate of drug-likeness (QED) is 0.649. The summed E-state index contributed by atoms with van der Waals surface area (Å²) in [4.78, 5) is 3.90. The van der Waals surface area contributed by atoms with Crippen molar-refractivity contribution in [2.24, 2.45) is 0 Å². The van der Waals surface area contributed by atoms with Gasteiger partial charge in [-0.25, -0.2) is 0 Å². The predicted molar refractivity (Wildman–Crippen MR) is 57.8 cm³/mol. The van der Waals surface area contributed by atoms with Crippen molar-refractivity contribution < 1.29 is 0 Å². The molecule has 0 saturated carbocycles. The summed E-state index contributed by atoms with van der Waals surface area (Å²) >= 11 is 0.131.